The van der Waals surface area contributed by atoms with Gasteiger partial charge in [-0.3, -0.25) is 9.59 Å². The summed E-state index contributed by atoms with van der Waals surface area (Å²) in [6, 6.07) is 4.43. The third-order valence-corrected chi connectivity index (χ3v) is 1.77. The summed E-state index contributed by atoms with van der Waals surface area (Å²) in [5, 5.41) is 0. The van der Waals surface area contributed by atoms with Crippen LogP contribution in [0.15, 0.2) is 18.2 Å². The van der Waals surface area contributed by atoms with Crippen LogP contribution in [0.25, 0.3) is 0 Å². The van der Waals surface area contributed by atoms with Crippen LogP contribution in [0.4, 0.5) is 0 Å². The second kappa shape index (κ2) is 4.32. The Bertz CT molecular complexity index is 355. The molecule has 1 rings (SSSR count). The fraction of sp³-hybridized carbons (Fsp3) is 0.100. The quantitative estimate of drug-likeness (QED) is 0.531. The number of rotatable bonds is 3. The highest BCUT2D eigenvalue weighted by Gasteiger charge is 2.15. The van der Waals surface area contributed by atoms with Crippen LogP contribution in [-0.2, 0) is 4.74 Å². The second-order valence-electron chi connectivity index (χ2n) is 2.54. The van der Waals surface area contributed by atoms with Gasteiger partial charge >= 0.3 is 5.97 Å². The van der Waals surface area contributed by atoms with Gasteiger partial charge in [-0.2, -0.15) is 0 Å². The molecule has 0 atom stereocenters. The van der Waals surface area contributed by atoms with E-state index < -0.39 is 5.97 Å². The summed E-state index contributed by atoms with van der Waals surface area (Å²) in [5.74, 6) is -0.685. The second-order valence-corrected chi connectivity index (χ2v) is 2.54. The summed E-state index contributed by atoms with van der Waals surface area (Å²) in [6.07, 6.45) is 1.03. The highest BCUT2D eigenvalue weighted by Crippen LogP contribution is 2.12. The first-order chi connectivity index (χ1) is 6.74. The molecule has 0 heterocycles. The Morgan fingerprint density at radius 3 is 2.07 bits per heavy atom. The van der Waals surface area contributed by atoms with E-state index in [-0.39, 0.29) is 16.7 Å². The number of esters is 1. The molecule has 0 aliphatic heterocycles. The van der Waals surface area contributed by atoms with Crippen LogP contribution in [-0.4, -0.2) is 25.7 Å². The molecular weight excluding hydrogens is 184 g/mol. The molecule has 0 aliphatic carbocycles. The monoisotopic (exact) mass is 192 g/mol. The number of hydrogen-bond donors (Lipinski definition) is 0. The number of hydrogen-bond acceptors (Lipinski definition) is 4. The molecule has 0 unspecified atom stereocenters. The van der Waals surface area contributed by atoms with E-state index in [1.54, 1.807) is 0 Å². The molecule has 14 heavy (non-hydrogen) atoms. The van der Waals surface area contributed by atoms with Crippen molar-refractivity contribution in [1.82, 2.24) is 0 Å². The first-order valence-electron chi connectivity index (χ1n) is 3.86. The first kappa shape index (κ1) is 10.1. The van der Waals surface area contributed by atoms with Gasteiger partial charge in [-0.15, -0.1) is 0 Å². The van der Waals surface area contributed by atoms with Crippen LogP contribution < -0.4 is 0 Å². The van der Waals surface area contributed by atoms with Gasteiger partial charge in [-0.1, -0.05) is 18.2 Å². The molecule has 0 fully saturated rings. The zero-order valence-electron chi connectivity index (χ0n) is 7.52. The largest absolute Gasteiger partial charge is 0.465 e. The van der Waals surface area contributed by atoms with Crippen LogP contribution in [0.1, 0.15) is 31.1 Å². The molecule has 0 saturated heterocycles. The number of carbonyl (C=O) groups is 3. The molecule has 4 nitrogen and oxygen atoms in total. The zero-order chi connectivity index (χ0) is 10.6. The van der Waals surface area contributed by atoms with E-state index in [1.165, 1.54) is 25.3 Å². The van der Waals surface area contributed by atoms with Crippen molar-refractivity contribution in [3.63, 3.8) is 0 Å². The van der Waals surface area contributed by atoms with Crippen molar-refractivity contribution >= 4 is 18.5 Å². The summed E-state index contributed by atoms with van der Waals surface area (Å²) in [5.41, 5.74) is 0.322. The minimum absolute atomic E-state index is 0.0139. The first-order valence-corrected chi connectivity index (χ1v) is 3.86. The van der Waals surface area contributed by atoms with Crippen molar-refractivity contribution in [1.29, 1.82) is 0 Å². The van der Waals surface area contributed by atoms with Crippen LogP contribution >= 0.6 is 0 Å². The molecule has 0 aliphatic rings. The van der Waals surface area contributed by atoms with E-state index in [2.05, 4.69) is 4.74 Å². The third-order valence-electron chi connectivity index (χ3n) is 1.77. The molecule has 1 aromatic carbocycles. The van der Waals surface area contributed by atoms with E-state index in [0.29, 0.717) is 12.6 Å². The lowest BCUT2D eigenvalue weighted by Crippen LogP contribution is -2.09. The lowest BCUT2D eigenvalue weighted by atomic mass is 10.0. The van der Waals surface area contributed by atoms with E-state index >= 15 is 0 Å². The molecule has 0 aromatic heterocycles. The van der Waals surface area contributed by atoms with Gasteiger partial charge in [0.1, 0.15) is 0 Å². The van der Waals surface area contributed by atoms with Crippen molar-refractivity contribution in [2.75, 3.05) is 7.11 Å². The topological polar surface area (TPSA) is 60.4 Å². The summed E-state index contributed by atoms with van der Waals surface area (Å²) >= 11 is 0. The molecular formula is C10H8O4. The Labute approximate surface area is 80.5 Å². The van der Waals surface area contributed by atoms with Gasteiger partial charge < -0.3 is 4.74 Å². The standard InChI is InChI=1S/C10H8O4/c1-14-10(13)9-7(5-11)3-2-4-8(9)6-12/h2-6H,1H3. The average Bonchev–Trinajstić information content (AvgIpc) is 2.26. The fourth-order valence-corrected chi connectivity index (χ4v) is 1.12. The highest BCUT2D eigenvalue weighted by atomic mass is 16.5. The third kappa shape index (κ3) is 1.69. The van der Waals surface area contributed by atoms with Crippen molar-refractivity contribution in [3.8, 4) is 0 Å². The Morgan fingerprint density at radius 1 is 1.21 bits per heavy atom. The lowest BCUT2D eigenvalue weighted by molar-refractivity contribution is 0.0596. The summed E-state index contributed by atoms with van der Waals surface area (Å²) in [4.78, 5) is 32.4. The van der Waals surface area contributed by atoms with Gasteiger partial charge in [-0.25, -0.2) is 4.79 Å². The minimum Gasteiger partial charge on any atom is -0.465 e. The predicted octanol–water partition coefficient (Wildman–Crippen LogP) is 1.10. The van der Waals surface area contributed by atoms with Gasteiger partial charge in [0.05, 0.1) is 12.7 Å². The van der Waals surface area contributed by atoms with Crippen molar-refractivity contribution in [3.05, 3.63) is 34.9 Å². The van der Waals surface area contributed by atoms with Crippen LogP contribution in [0.5, 0.6) is 0 Å². The van der Waals surface area contributed by atoms with Crippen molar-refractivity contribution < 1.29 is 19.1 Å². The maximum atomic E-state index is 11.2. The molecule has 1 aromatic rings. The summed E-state index contributed by atoms with van der Waals surface area (Å²) < 4.78 is 4.46. The van der Waals surface area contributed by atoms with Gasteiger partial charge in [0.15, 0.2) is 12.6 Å². The Balaban J connectivity index is 3.40. The van der Waals surface area contributed by atoms with Crippen LogP contribution in [0.3, 0.4) is 0 Å². The molecule has 0 radical (unpaired) electrons. The summed E-state index contributed by atoms with van der Waals surface area (Å²) in [6.45, 7) is 0. The highest BCUT2D eigenvalue weighted by molar-refractivity contribution is 6.04. The number of methoxy groups -OCH3 is 1. The van der Waals surface area contributed by atoms with Gasteiger partial charge in [0, 0.05) is 11.1 Å². The average molecular weight is 192 g/mol. The van der Waals surface area contributed by atoms with Crippen molar-refractivity contribution in [2.24, 2.45) is 0 Å². The molecule has 0 bridgehead atoms. The normalized spacial score (nSPS) is 9.21. The van der Waals surface area contributed by atoms with E-state index in [4.69, 9.17) is 0 Å². The molecule has 0 amide bonds. The number of benzene rings is 1. The Kier molecular flexibility index (Phi) is 3.12. The molecule has 0 N–H and O–H groups in total. The number of ether oxygens (including phenoxy) is 1. The van der Waals surface area contributed by atoms with E-state index in [1.807, 2.05) is 0 Å². The zero-order valence-corrected chi connectivity index (χ0v) is 7.52. The predicted molar refractivity (Wildman–Crippen MR) is 48.6 cm³/mol. The summed E-state index contributed by atoms with van der Waals surface area (Å²) in [7, 11) is 1.19. The maximum absolute atomic E-state index is 11.2. The Hall–Kier alpha value is -1.97. The SMILES string of the molecule is COC(=O)c1c(C=O)cccc1C=O. The van der Waals surface area contributed by atoms with Gasteiger partial charge in [0.25, 0.3) is 0 Å². The van der Waals surface area contributed by atoms with Gasteiger partial charge in [-0.05, 0) is 0 Å². The smallest absolute Gasteiger partial charge is 0.339 e. The Morgan fingerprint density at radius 2 is 1.71 bits per heavy atom. The number of carbonyl (C=O) groups excluding carboxylic acids is 3. The van der Waals surface area contributed by atoms with Crippen LogP contribution in [0.2, 0.25) is 0 Å². The number of aldehydes is 2. The lowest BCUT2D eigenvalue weighted by Gasteiger charge is -2.04. The van der Waals surface area contributed by atoms with Crippen molar-refractivity contribution in [2.45, 2.75) is 0 Å². The molecule has 4 heteroatoms. The fourth-order valence-electron chi connectivity index (χ4n) is 1.12. The molecule has 0 saturated carbocycles. The molecule has 0 spiro atoms. The minimum atomic E-state index is -0.685. The maximum Gasteiger partial charge on any atom is 0.339 e. The van der Waals surface area contributed by atoms with E-state index in [9.17, 15) is 14.4 Å². The van der Waals surface area contributed by atoms with Crippen LogP contribution in [0, 0.1) is 0 Å². The van der Waals surface area contributed by atoms with Gasteiger partial charge in [0.2, 0.25) is 0 Å². The van der Waals surface area contributed by atoms with E-state index in [0.717, 1.165) is 0 Å². The molecule has 72 valence electrons.